The summed E-state index contributed by atoms with van der Waals surface area (Å²) in [4.78, 5) is 4.68. The molecular formula is C22H26IN3O4. The Hall–Kier alpha value is -2.62. The van der Waals surface area contributed by atoms with Crippen molar-refractivity contribution in [2.75, 3.05) is 38.4 Å². The quantitative estimate of drug-likeness (QED) is 0.259. The van der Waals surface area contributed by atoms with E-state index in [9.17, 15) is 0 Å². The number of fused-ring (bicyclic) bond motifs is 2. The molecule has 2 aliphatic heterocycles. The molecule has 0 saturated carbocycles. The van der Waals surface area contributed by atoms with Crippen LogP contribution in [0.4, 0.5) is 5.69 Å². The van der Waals surface area contributed by atoms with Crippen LogP contribution >= 0.6 is 24.0 Å². The lowest BCUT2D eigenvalue weighted by molar-refractivity contribution is 0.174. The molecule has 0 aromatic heterocycles. The third-order valence-electron chi connectivity index (χ3n) is 4.53. The van der Waals surface area contributed by atoms with E-state index in [0.717, 1.165) is 47.1 Å². The first-order chi connectivity index (χ1) is 14.3. The van der Waals surface area contributed by atoms with Crippen molar-refractivity contribution in [2.45, 2.75) is 12.8 Å². The number of halogens is 1. The number of anilines is 1. The Labute approximate surface area is 193 Å². The van der Waals surface area contributed by atoms with Crippen molar-refractivity contribution >= 4 is 35.6 Å². The van der Waals surface area contributed by atoms with Crippen LogP contribution in [0.1, 0.15) is 12.0 Å². The number of ether oxygens (including phenoxy) is 4. The van der Waals surface area contributed by atoms with Crippen LogP contribution in [0.25, 0.3) is 0 Å². The molecule has 0 saturated heterocycles. The van der Waals surface area contributed by atoms with Gasteiger partial charge < -0.3 is 29.6 Å². The predicted molar refractivity (Wildman–Crippen MR) is 128 cm³/mol. The number of rotatable bonds is 6. The normalized spacial score (nSPS) is 14.3. The average Bonchev–Trinajstić information content (AvgIpc) is 3.08. The highest BCUT2D eigenvalue weighted by molar-refractivity contribution is 14.0. The molecule has 0 amide bonds. The van der Waals surface area contributed by atoms with Gasteiger partial charge in [0.25, 0.3) is 0 Å². The molecular weight excluding hydrogens is 497 g/mol. The predicted octanol–water partition coefficient (Wildman–Crippen LogP) is 3.98. The van der Waals surface area contributed by atoms with Crippen LogP contribution in [0, 0.1) is 0 Å². The first kappa shape index (κ1) is 22.1. The highest BCUT2D eigenvalue weighted by atomic mass is 127. The molecule has 2 N–H and O–H groups in total. The van der Waals surface area contributed by atoms with E-state index in [0.29, 0.717) is 32.3 Å². The summed E-state index contributed by atoms with van der Waals surface area (Å²) in [6.45, 7) is 6.61. The number of benzene rings is 2. The Bertz CT molecular complexity index is 904. The first-order valence-electron chi connectivity index (χ1n) is 9.76. The summed E-state index contributed by atoms with van der Waals surface area (Å²) in [5.41, 5.74) is 2.03. The maximum Gasteiger partial charge on any atom is 0.231 e. The zero-order valence-corrected chi connectivity index (χ0v) is 19.0. The van der Waals surface area contributed by atoms with E-state index in [1.807, 2.05) is 36.4 Å². The van der Waals surface area contributed by atoms with Crippen LogP contribution in [0.5, 0.6) is 23.0 Å². The van der Waals surface area contributed by atoms with Crippen molar-refractivity contribution in [3.63, 3.8) is 0 Å². The minimum atomic E-state index is 0. The standard InChI is InChI=1S/C22H25N3O4.HI/c1-2-9-23-22(24-10-8-16-4-6-19-20(13-16)29-15-28-19)25-17-5-7-18-21(14-17)27-12-3-11-26-18;/h2,4-7,13-14H,1,3,8-12,15H2,(H2,23,24,25);1H. The third-order valence-corrected chi connectivity index (χ3v) is 4.53. The second-order valence-corrected chi connectivity index (χ2v) is 6.67. The summed E-state index contributed by atoms with van der Waals surface area (Å²) in [5, 5.41) is 6.57. The van der Waals surface area contributed by atoms with Gasteiger partial charge in [0, 0.05) is 31.3 Å². The molecule has 30 heavy (non-hydrogen) atoms. The molecule has 2 aliphatic rings. The van der Waals surface area contributed by atoms with Crippen LogP contribution in [-0.2, 0) is 6.42 Å². The van der Waals surface area contributed by atoms with E-state index < -0.39 is 0 Å². The fourth-order valence-electron chi connectivity index (χ4n) is 3.08. The number of aliphatic imine (C=N–C) groups is 1. The summed E-state index contributed by atoms with van der Waals surface area (Å²) >= 11 is 0. The number of guanidine groups is 1. The Kier molecular flexibility index (Phi) is 8.06. The van der Waals surface area contributed by atoms with E-state index in [4.69, 9.17) is 18.9 Å². The molecule has 0 aliphatic carbocycles. The lowest BCUT2D eigenvalue weighted by atomic mass is 10.1. The van der Waals surface area contributed by atoms with Crippen LogP contribution in [0.2, 0.25) is 0 Å². The smallest absolute Gasteiger partial charge is 0.231 e. The van der Waals surface area contributed by atoms with Gasteiger partial charge in [-0.25, -0.2) is 0 Å². The maximum atomic E-state index is 5.76. The van der Waals surface area contributed by atoms with Crippen molar-refractivity contribution in [1.29, 1.82) is 0 Å². The highest BCUT2D eigenvalue weighted by Gasteiger charge is 2.13. The van der Waals surface area contributed by atoms with Gasteiger partial charge in [0.2, 0.25) is 6.79 Å². The largest absolute Gasteiger partial charge is 0.490 e. The van der Waals surface area contributed by atoms with Crippen molar-refractivity contribution in [3.8, 4) is 23.0 Å². The van der Waals surface area contributed by atoms with E-state index in [1.165, 1.54) is 0 Å². The van der Waals surface area contributed by atoms with Crippen LogP contribution in [0.3, 0.4) is 0 Å². The summed E-state index contributed by atoms with van der Waals surface area (Å²) in [6, 6.07) is 11.8. The Balaban J connectivity index is 0.00000256. The van der Waals surface area contributed by atoms with Gasteiger partial charge in [0.1, 0.15) is 0 Å². The van der Waals surface area contributed by atoms with Crippen molar-refractivity contribution < 1.29 is 18.9 Å². The number of nitrogens with zero attached hydrogens (tertiary/aromatic N) is 1. The number of nitrogens with one attached hydrogen (secondary N) is 2. The molecule has 0 fully saturated rings. The molecule has 160 valence electrons. The second-order valence-electron chi connectivity index (χ2n) is 6.67. The fourth-order valence-corrected chi connectivity index (χ4v) is 3.08. The molecule has 4 rings (SSSR count). The van der Waals surface area contributed by atoms with Gasteiger partial charge >= 0.3 is 0 Å². The zero-order valence-electron chi connectivity index (χ0n) is 16.7. The summed E-state index contributed by atoms with van der Waals surface area (Å²) < 4.78 is 22.2. The molecule has 0 radical (unpaired) electrons. The van der Waals surface area contributed by atoms with Gasteiger partial charge in [0.15, 0.2) is 29.0 Å². The van der Waals surface area contributed by atoms with Crippen molar-refractivity contribution in [3.05, 3.63) is 54.6 Å². The van der Waals surface area contributed by atoms with Crippen molar-refractivity contribution in [1.82, 2.24) is 5.32 Å². The van der Waals surface area contributed by atoms with E-state index >= 15 is 0 Å². The van der Waals surface area contributed by atoms with Gasteiger partial charge in [-0.3, -0.25) is 4.99 Å². The van der Waals surface area contributed by atoms with Crippen molar-refractivity contribution in [2.24, 2.45) is 4.99 Å². The maximum absolute atomic E-state index is 5.76. The van der Waals surface area contributed by atoms with Gasteiger partial charge in [-0.2, -0.15) is 0 Å². The minimum Gasteiger partial charge on any atom is -0.490 e. The molecule has 2 heterocycles. The fraction of sp³-hybridized carbons (Fsp3) is 0.318. The van der Waals surface area contributed by atoms with E-state index in [2.05, 4.69) is 22.2 Å². The van der Waals surface area contributed by atoms with E-state index in [-0.39, 0.29) is 30.8 Å². The SMILES string of the molecule is C=CCNC(=NCCc1ccc2c(c1)OCO2)Nc1ccc2c(c1)OCCCO2.I. The molecule has 0 unspecified atom stereocenters. The Morgan fingerprint density at radius 1 is 0.967 bits per heavy atom. The van der Waals surface area contributed by atoms with Gasteiger partial charge in [0.05, 0.1) is 13.2 Å². The molecule has 7 nitrogen and oxygen atoms in total. The summed E-state index contributed by atoms with van der Waals surface area (Å²) in [5.74, 6) is 3.79. The number of hydrogen-bond acceptors (Lipinski definition) is 5. The van der Waals surface area contributed by atoms with Crippen LogP contribution in [-0.4, -0.2) is 39.1 Å². The molecule has 0 spiro atoms. The number of hydrogen-bond donors (Lipinski definition) is 2. The summed E-state index contributed by atoms with van der Waals surface area (Å²) in [6.07, 6.45) is 3.46. The molecule has 2 aromatic rings. The average molecular weight is 523 g/mol. The van der Waals surface area contributed by atoms with Crippen LogP contribution < -0.4 is 29.6 Å². The van der Waals surface area contributed by atoms with Crippen LogP contribution in [0.15, 0.2) is 54.0 Å². The highest BCUT2D eigenvalue weighted by Crippen LogP contribution is 2.33. The first-order valence-corrected chi connectivity index (χ1v) is 9.76. The van der Waals surface area contributed by atoms with Gasteiger partial charge in [-0.1, -0.05) is 12.1 Å². The molecule has 8 heteroatoms. The second kappa shape index (κ2) is 11.0. The molecule has 0 atom stereocenters. The lowest BCUT2D eigenvalue weighted by Gasteiger charge is -2.14. The topological polar surface area (TPSA) is 73.3 Å². The third kappa shape index (κ3) is 5.71. The molecule has 0 bridgehead atoms. The minimum absolute atomic E-state index is 0. The summed E-state index contributed by atoms with van der Waals surface area (Å²) in [7, 11) is 0. The van der Waals surface area contributed by atoms with Gasteiger partial charge in [-0.05, 0) is 36.2 Å². The van der Waals surface area contributed by atoms with E-state index in [1.54, 1.807) is 6.08 Å². The molecule has 2 aromatic carbocycles. The Morgan fingerprint density at radius 2 is 1.70 bits per heavy atom. The lowest BCUT2D eigenvalue weighted by Crippen LogP contribution is -2.31. The Morgan fingerprint density at radius 3 is 2.57 bits per heavy atom. The van der Waals surface area contributed by atoms with Gasteiger partial charge in [-0.15, -0.1) is 30.6 Å². The monoisotopic (exact) mass is 523 g/mol. The zero-order chi connectivity index (χ0) is 19.9.